The molecule has 0 fully saturated rings. The predicted octanol–water partition coefficient (Wildman–Crippen LogP) is 3.55. The lowest BCUT2D eigenvalue weighted by atomic mass is 10.1. The largest absolute Gasteiger partial charge is 0.378 e. The zero-order valence-electron chi connectivity index (χ0n) is 9.97. The summed E-state index contributed by atoms with van der Waals surface area (Å²) >= 11 is 0. The third-order valence-corrected chi connectivity index (χ3v) is 3.95. The van der Waals surface area contributed by atoms with Crippen LogP contribution in [0.3, 0.4) is 0 Å². The molecule has 0 radical (unpaired) electrons. The van der Waals surface area contributed by atoms with Crippen molar-refractivity contribution in [3.8, 4) is 0 Å². The van der Waals surface area contributed by atoms with Gasteiger partial charge in [0.15, 0.2) is 8.15 Å². The summed E-state index contributed by atoms with van der Waals surface area (Å²) in [4.78, 5) is 8.90. The first-order valence-electron chi connectivity index (χ1n) is 5.10. The SMILES string of the molecule is CC(C)=CCC/C(C)=C/COP(=O)(O)[PH2]=O. The fourth-order valence-corrected chi connectivity index (χ4v) is 1.80. The summed E-state index contributed by atoms with van der Waals surface area (Å²) < 4.78 is 25.8. The Morgan fingerprint density at radius 1 is 1.38 bits per heavy atom. The van der Waals surface area contributed by atoms with Gasteiger partial charge in [-0.1, -0.05) is 23.3 Å². The van der Waals surface area contributed by atoms with Crippen molar-refractivity contribution in [1.82, 2.24) is 0 Å². The molecule has 2 unspecified atom stereocenters. The molecule has 0 saturated carbocycles. The van der Waals surface area contributed by atoms with Crippen molar-refractivity contribution in [1.29, 1.82) is 0 Å². The first-order valence-corrected chi connectivity index (χ1v) is 8.76. The molecule has 94 valence electrons. The van der Waals surface area contributed by atoms with Gasteiger partial charge in [0.1, 0.15) is 0 Å². The van der Waals surface area contributed by atoms with E-state index >= 15 is 0 Å². The Bertz CT molecular complexity index is 330. The average Bonchev–Trinajstić information content (AvgIpc) is 2.17. The van der Waals surface area contributed by atoms with Crippen LogP contribution in [-0.4, -0.2) is 11.5 Å². The van der Waals surface area contributed by atoms with E-state index in [2.05, 4.69) is 10.6 Å². The quantitative estimate of drug-likeness (QED) is 0.565. The molecular weight excluding hydrogens is 246 g/mol. The van der Waals surface area contributed by atoms with Gasteiger partial charge in [0, 0.05) is 0 Å². The van der Waals surface area contributed by atoms with Gasteiger partial charge in [0.2, 0.25) is 0 Å². The third-order valence-electron chi connectivity index (χ3n) is 1.92. The van der Waals surface area contributed by atoms with Crippen molar-refractivity contribution < 1.29 is 18.5 Å². The van der Waals surface area contributed by atoms with Gasteiger partial charge >= 0.3 is 7.28 Å². The summed E-state index contributed by atoms with van der Waals surface area (Å²) in [6.45, 7) is 6.07. The van der Waals surface area contributed by atoms with Crippen molar-refractivity contribution in [3.05, 3.63) is 23.3 Å². The lowest BCUT2D eigenvalue weighted by Crippen LogP contribution is -1.87. The predicted molar refractivity (Wildman–Crippen MR) is 68.6 cm³/mol. The Balaban J connectivity index is 3.92. The Labute approximate surface area is 98.0 Å². The summed E-state index contributed by atoms with van der Waals surface area (Å²) in [6, 6.07) is 0. The lowest BCUT2D eigenvalue weighted by molar-refractivity contribution is 0.303. The highest BCUT2D eigenvalue weighted by Crippen LogP contribution is 2.54. The highest BCUT2D eigenvalue weighted by Gasteiger charge is 2.14. The van der Waals surface area contributed by atoms with Gasteiger partial charge < -0.3 is 9.46 Å². The van der Waals surface area contributed by atoms with Gasteiger partial charge in [-0.15, -0.1) is 0 Å². The molecule has 6 heteroatoms. The van der Waals surface area contributed by atoms with Crippen LogP contribution in [0.2, 0.25) is 0 Å². The Kier molecular flexibility index (Phi) is 7.96. The van der Waals surface area contributed by atoms with Crippen LogP contribution < -0.4 is 0 Å². The minimum absolute atomic E-state index is 0.0453. The van der Waals surface area contributed by atoms with Crippen LogP contribution in [0.5, 0.6) is 0 Å². The first-order chi connectivity index (χ1) is 7.37. The van der Waals surface area contributed by atoms with Crippen LogP contribution in [0.1, 0.15) is 33.6 Å². The molecule has 2 atom stereocenters. The molecule has 0 aliphatic carbocycles. The van der Waals surface area contributed by atoms with Crippen molar-refractivity contribution in [2.45, 2.75) is 33.6 Å². The second-order valence-electron chi connectivity index (χ2n) is 3.84. The molecule has 0 heterocycles. The van der Waals surface area contributed by atoms with Gasteiger partial charge in [-0.25, -0.2) is 0 Å². The Hall–Kier alpha value is -0.140. The molecule has 0 aliphatic heterocycles. The highest BCUT2D eigenvalue weighted by molar-refractivity contribution is 8.14. The topological polar surface area (TPSA) is 63.6 Å². The van der Waals surface area contributed by atoms with E-state index in [1.807, 2.05) is 20.8 Å². The van der Waals surface area contributed by atoms with Crippen LogP contribution in [0.15, 0.2) is 23.3 Å². The summed E-state index contributed by atoms with van der Waals surface area (Å²) in [7, 11) is -5.57. The summed E-state index contributed by atoms with van der Waals surface area (Å²) in [5.41, 5.74) is 2.37. The maximum absolute atomic E-state index is 10.9. The van der Waals surface area contributed by atoms with E-state index in [0.717, 1.165) is 18.4 Å². The fraction of sp³-hybridized carbons (Fsp3) is 0.600. The zero-order chi connectivity index (χ0) is 12.6. The normalized spacial score (nSPS) is 16.4. The average molecular weight is 266 g/mol. The number of hydrogen-bond acceptors (Lipinski definition) is 3. The van der Waals surface area contributed by atoms with Crippen LogP contribution in [-0.2, 0) is 13.7 Å². The molecule has 0 aromatic carbocycles. The van der Waals surface area contributed by atoms with Gasteiger partial charge in [-0.05, 0) is 33.6 Å². The van der Waals surface area contributed by atoms with Gasteiger partial charge in [0.25, 0.3) is 0 Å². The van der Waals surface area contributed by atoms with Gasteiger partial charge in [-0.3, -0.25) is 9.09 Å². The number of rotatable bonds is 7. The van der Waals surface area contributed by atoms with E-state index in [4.69, 9.17) is 4.89 Å². The van der Waals surface area contributed by atoms with E-state index in [1.165, 1.54) is 5.57 Å². The van der Waals surface area contributed by atoms with Gasteiger partial charge in [-0.2, -0.15) is 0 Å². The fourth-order valence-electron chi connectivity index (χ4n) is 1.01. The second kappa shape index (κ2) is 8.03. The smallest absolute Gasteiger partial charge is 0.320 e. The van der Waals surface area contributed by atoms with Crippen molar-refractivity contribution in [2.75, 3.05) is 6.61 Å². The molecule has 0 aromatic rings. The molecule has 0 aliphatic rings. The van der Waals surface area contributed by atoms with E-state index in [1.54, 1.807) is 6.08 Å². The molecule has 16 heavy (non-hydrogen) atoms. The van der Waals surface area contributed by atoms with E-state index < -0.39 is 15.4 Å². The summed E-state index contributed by atoms with van der Waals surface area (Å²) in [6.07, 6.45) is 5.73. The van der Waals surface area contributed by atoms with Crippen molar-refractivity contribution in [3.63, 3.8) is 0 Å². The molecule has 0 amide bonds. The maximum atomic E-state index is 10.9. The highest BCUT2D eigenvalue weighted by atomic mass is 32.1. The molecule has 0 spiro atoms. The number of allylic oxidation sites excluding steroid dienone is 3. The molecule has 0 aromatic heterocycles. The Morgan fingerprint density at radius 3 is 2.50 bits per heavy atom. The van der Waals surface area contributed by atoms with Crippen molar-refractivity contribution >= 4 is 15.4 Å². The molecule has 1 N–H and O–H groups in total. The summed E-state index contributed by atoms with van der Waals surface area (Å²) in [5.74, 6) is 0. The van der Waals surface area contributed by atoms with Crippen molar-refractivity contribution in [2.24, 2.45) is 0 Å². The zero-order valence-corrected chi connectivity index (χ0v) is 12.0. The minimum Gasteiger partial charge on any atom is -0.320 e. The minimum atomic E-state index is -3.80. The lowest BCUT2D eigenvalue weighted by Gasteiger charge is -2.04. The number of hydrogen-bond donors (Lipinski definition) is 1. The summed E-state index contributed by atoms with van der Waals surface area (Å²) in [5, 5.41) is 0. The van der Waals surface area contributed by atoms with E-state index in [9.17, 15) is 9.13 Å². The third kappa shape index (κ3) is 9.11. The molecule has 0 bridgehead atoms. The van der Waals surface area contributed by atoms with E-state index in [0.29, 0.717) is 0 Å². The molecular formula is C10H20O4P2. The first kappa shape index (κ1) is 15.9. The standard InChI is InChI=1S/C10H20O4P2/c1-9(2)5-4-6-10(3)7-8-14-16(12,13)15-11/h5,7H,4,6,8,15H2,1-3H3,(H,12,13)/b10-7+. The Morgan fingerprint density at radius 2 is 2.00 bits per heavy atom. The van der Waals surface area contributed by atoms with Gasteiger partial charge in [0.05, 0.1) is 6.61 Å². The van der Waals surface area contributed by atoms with Crippen LogP contribution in [0.4, 0.5) is 0 Å². The van der Waals surface area contributed by atoms with Crippen LogP contribution in [0.25, 0.3) is 0 Å². The molecule has 4 nitrogen and oxygen atoms in total. The van der Waals surface area contributed by atoms with E-state index in [-0.39, 0.29) is 6.61 Å². The monoisotopic (exact) mass is 266 g/mol. The molecule has 0 rings (SSSR count). The second-order valence-corrected chi connectivity index (χ2v) is 8.02. The van der Waals surface area contributed by atoms with Crippen LogP contribution >= 0.6 is 15.4 Å². The maximum Gasteiger partial charge on any atom is 0.378 e. The molecule has 0 saturated heterocycles. The van der Waals surface area contributed by atoms with Crippen LogP contribution in [0, 0.1) is 0 Å².